The Balaban J connectivity index is 2.37. The van der Waals surface area contributed by atoms with E-state index in [1.807, 2.05) is 0 Å². The van der Waals surface area contributed by atoms with Gasteiger partial charge in [0.2, 0.25) is 0 Å². The zero-order chi connectivity index (χ0) is 10.1. The maximum atomic E-state index is 11.3. The van der Waals surface area contributed by atoms with E-state index in [4.69, 9.17) is 11.6 Å². The number of fused-ring (bicyclic) bond motifs is 1. The van der Waals surface area contributed by atoms with Gasteiger partial charge in [0.25, 0.3) is 0 Å². The van der Waals surface area contributed by atoms with Gasteiger partial charge in [-0.3, -0.25) is 5.01 Å². The molecule has 0 saturated carbocycles. The highest BCUT2D eigenvalue weighted by atomic mass is 35.5. The molecule has 0 aromatic carbocycles. The lowest BCUT2D eigenvalue weighted by Gasteiger charge is -2.18. The lowest BCUT2D eigenvalue weighted by molar-refractivity contribution is -0.136. The molecule has 2 aliphatic heterocycles. The van der Waals surface area contributed by atoms with E-state index in [-0.39, 0.29) is 5.97 Å². The van der Waals surface area contributed by atoms with Crippen LogP contribution in [0.5, 0.6) is 0 Å². The molecule has 74 valence electrons. The van der Waals surface area contributed by atoms with Gasteiger partial charge in [0.05, 0.1) is 18.4 Å². The van der Waals surface area contributed by atoms with Crippen LogP contribution in [-0.2, 0) is 9.53 Å². The summed E-state index contributed by atoms with van der Waals surface area (Å²) in [5.74, 6) is -0.328. The summed E-state index contributed by atoms with van der Waals surface area (Å²) in [7, 11) is 1.36. The number of methoxy groups -OCH3 is 1. The van der Waals surface area contributed by atoms with Gasteiger partial charge in [0, 0.05) is 17.8 Å². The van der Waals surface area contributed by atoms with E-state index in [1.54, 1.807) is 23.4 Å². The number of esters is 1. The second-order valence-electron chi connectivity index (χ2n) is 2.91. The lowest BCUT2D eigenvalue weighted by atomic mass is 10.2. The molecule has 0 aromatic rings. The Morgan fingerprint density at radius 1 is 1.71 bits per heavy atom. The molecule has 14 heavy (non-hydrogen) atoms. The summed E-state index contributed by atoms with van der Waals surface area (Å²) in [6.07, 6.45) is 5.25. The van der Waals surface area contributed by atoms with E-state index < -0.39 is 0 Å². The van der Waals surface area contributed by atoms with Crippen molar-refractivity contribution in [2.75, 3.05) is 13.7 Å². The zero-order valence-corrected chi connectivity index (χ0v) is 8.34. The number of hydrogen-bond donors (Lipinski definition) is 1. The van der Waals surface area contributed by atoms with Crippen LogP contribution in [0.15, 0.2) is 34.7 Å². The number of nitrogens with zero attached hydrogens (tertiary/aromatic N) is 1. The number of halogens is 1. The number of ether oxygens (including phenoxy) is 1. The van der Waals surface area contributed by atoms with Gasteiger partial charge in [0.15, 0.2) is 0 Å². The van der Waals surface area contributed by atoms with E-state index in [1.165, 1.54) is 7.11 Å². The average Bonchev–Trinajstić information content (AvgIpc) is 2.59. The van der Waals surface area contributed by atoms with Crippen LogP contribution in [0.4, 0.5) is 0 Å². The fourth-order valence-electron chi connectivity index (χ4n) is 1.40. The van der Waals surface area contributed by atoms with Crippen molar-refractivity contribution in [3.63, 3.8) is 0 Å². The summed E-state index contributed by atoms with van der Waals surface area (Å²) < 4.78 is 4.66. The van der Waals surface area contributed by atoms with Crippen molar-refractivity contribution >= 4 is 17.6 Å². The highest BCUT2D eigenvalue weighted by molar-refractivity contribution is 6.31. The van der Waals surface area contributed by atoms with Crippen LogP contribution in [0.2, 0.25) is 0 Å². The largest absolute Gasteiger partial charge is 0.466 e. The Kier molecular flexibility index (Phi) is 2.31. The van der Waals surface area contributed by atoms with Crippen molar-refractivity contribution in [2.24, 2.45) is 0 Å². The van der Waals surface area contributed by atoms with Gasteiger partial charge in [-0.2, -0.15) is 0 Å². The monoisotopic (exact) mass is 212 g/mol. The van der Waals surface area contributed by atoms with Crippen LogP contribution in [0, 0.1) is 0 Å². The highest BCUT2D eigenvalue weighted by Gasteiger charge is 2.26. The number of hydrogen-bond acceptors (Lipinski definition) is 4. The van der Waals surface area contributed by atoms with E-state index in [0.717, 1.165) is 5.70 Å². The normalized spacial score (nSPS) is 19.6. The van der Waals surface area contributed by atoms with Crippen molar-refractivity contribution < 1.29 is 9.53 Å². The molecule has 2 rings (SSSR count). The fraction of sp³-hybridized carbons (Fsp3) is 0.222. The van der Waals surface area contributed by atoms with Gasteiger partial charge in [-0.1, -0.05) is 11.6 Å². The maximum absolute atomic E-state index is 11.3. The lowest BCUT2D eigenvalue weighted by Crippen LogP contribution is -2.27. The van der Waals surface area contributed by atoms with Crippen LogP contribution in [0.1, 0.15) is 0 Å². The molecule has 0 spiro atoms. The van der Waals surface area contributed by atoms with Crippen LogP contribution in [0.25, 0.3) is 0 Å². The minimum atomic E-state index is -0.328. The van der Waals surface area contributed by atoms with E-state index in [9.17, 15) is 4.79 Å². The number of allylic oxidation sites excluding steroid dienone is 3. The molecule has 0 bridgehead atoms. The molecule has 2 heterocycles. The second-order valence-corrected chi connectivity index (χ2v) is 3.34. The molecule has 0 radical (unpaired) electrons. The summed E-state index contributed by atoms with van der Waals surface area (Å²) in [4.78, 5) is 11.3. The van der Waals surface area contributed by atoms with Gasteiger partial charge in [-0.25, -0.2) is 10.2 Å². The number of nitrogens with one attached hydrogen (secondary N) is 1. The summed E-state index contributed by atoms with van der Waals surface area (Å²) in [5.41, 5.74) is 4.36. The van der Waals surface area contributed by atoms with E-state index in [2.05, 4.69) is 10.2 Å². The highest BCUT2D eigenvalue weighted by Crippen LogP contribution is 2.24. The SMILES string of the molecule is COC(=O)C1=C2C=C(Cl)C=CN2NC1. The van der Waals surface area contributed by atoms with Crippen molar-refractivity contribution in [3.05, 3.63) is 34.7 Å². The molecule has 4 nitrogen and oxygen atoms in total. The maximum Gasteiger partial charge on any atom is 0.337 e. The van der Waals surface area contributed by atoms with E-state index >= 15 is 0 Å². The molecule has 2 aliphatic rings. The van der Waals surface area contributed by atoms with Gasteiger partial charge in [0.1, 0.15) is 0 Å². The molecule has 0 saturated heterocycles. The minimum Gasteiger partial charge on any atom is -0.466 e. The molecule has 0 unspecified atom stereocenters. The third-order valence-electron chi connectivity index (χ3n) is 2.08. The standard InChI is InChI=1S/C9H9ClN2O2/c1-14-9(13)7-5-11-12-3-2-6(10)4-8(7)12/h2-4,11H,5H2,1H3. The number of rotatable bonds is 1. The number of carbonyl (C=O) groups excluding carboxylic acids is 1. The Labute approximate surface area is 86.4 Å². The predicted octanol–water partition coefficient (Wildman–Crippen LogP) is 0.884. The Bertz CT molecular complexity index is 371. The first-order valence-electron chi connectivity index (χ1n) is 4.12. The fourth-order valence-corrected chi connectivity index (χ4v) is 1.56. The van der Waals surface area contributed by atoms with Gasteiger partial charge < -0.3 is 4.74 Å². The first-order valence-corrected chi connectivity index (χ1v) is 4.50. The third kappa shape index (κ3) is 1.42. The summed E-state index contributed by atoms with van der Waals surface area (Å²) >= 11 is 5.83. The van der Waals surface area contributed by atoms with Crippen molar-refractivity contribution in [1.82, 2.24) is 10.4 Å². The molecule has 5 heteroatoms. The van der Waals surface area contributed by atoms with Crippen molar-refractivity contribution in [3.8, 4) is 0 Å². The number of carbonyl (C=O) groups is 1. The smallest absolute Gasteiger partial charge is 0.337 e. The minimum absolute atomic E-state index is 0.328. The van der Waals surface area contributed by atoms with Gasteiger partial charge >= 0.3 is 5.97 Å². The van der Waals surface area contributed by atoms with Crippen molar-refractivity contribution in [2.45, 2.75) is 0 Å². The molecule has 1 N–H and O–H groups in total. The summed E-state index contributed by atoms with van der Waals surface area (Å²) in [6, 6.07) is 0. The topological polar surface area (TPSA) is 41.6 Å². The average molecular weight is 213 g/mol. The molecule has 0 aliphatic carbocycles. The predicted molar refractivity (Wildman–Crippen MR) is 52.0 cm³/mol. The van der Waals surface area contributed by atoms with Crippen LogP contribution >= 0.6 is 11.6 Å². The molecule has 0 aromatic heterocycles. The van der Waals surface area contributed by atoms with Crippen molar-refractivity contribution in [1.29, 1.82) is 0 Å². The summed E-state index contributed by atoms with van der Waals surface area (Å²) in [5, 5.41) is 2.35. The van der Waals surface area contributed by atoms with Gasteiger partial charge in [-0.15, -0.1) is 0 Å². The first kappa shape index (κ1) is 9.30. The third-order valence-corrected chi connectivity index (χ3v) is 2.32. The molecule has 0 amide bonds. The Morgan fingerprint density at radius 3 is 3.21 bits per heavy atom. The second kappa shape index (κ2) is 3.48. The summed E-state index contributed by atoms with van der Waals surface area (Å²) in [6.45, 7) is 0.465. The van der Waals surface area contributed by atoms with E-state index in [0.29, 0.717) is 17.2 Å². The zero-order valence-electron chi connectivity index (χ0n) is 7.58. The molecular formula is C9H9ClN2O2. The van der Waals surface area contributed by atoms with Crippen LogP contribution < -0.4 is 5.43 Å². The van der Waals surface area contributed by atoms with Crippen LogP contribution in [-0.4, -0.2) is 24.6 Å². The molecule has 0 fully saturated rings. The molecular weight excluding hydrogens is 204 g/mol. The number of hydrazine groups is 1. The van der Waals surface area contributed by atoms with Crippen LogP contribution in [0.3, 0.4) is 0 Å². The Morgan fingerprint density at radius 2 is 2.50 bits per heavy atom. The first-order chi connectivity index (χ1) is 6.72. The molecule has 0 atom stereocenters. The Hall–Kier alpha value is -1.26. The van der Waals surface area contributed by atoms with Gasteiger partial charge in [-0.05, 0) is 12.2 Å². The quantitative estimate of drug-likeness (QED) is 0.656.